The molecule has 0 aromatic carbocycles. The summed E-state index contributed by atoms with van der Waals surface area (Å²) in [7, 11) is 0. The highest BCUT2D eigenvalue weighted by Gasteiger charge is 2.70. The fourth-order valence-electron chi connectivity index (χ4n) is 5.60. The number of carbonyl (C=O) groups is 4. The second-order valence-corrected chi connectivity index (χ2v) is 8.68. The van der Waals surface area contributed by atoms with Crippen molar-refractivity contribution < 1.29 is 38.1 Å². The minimum Gasteiger partial charge on any atom is -0.459 e. The molecule has 8 heteroatoms. The minimum absolute atomic E-state index is 0.0603. The molecule has 0 amide bonds. The van der Waals surface area contributed by atoms with Gasteiger partial charge in [-0.05, 0) is 45.4 Å². The molecule has 2 bridgehead atoms. The molecule has 0 aromatic rings. The van der Waals surface area contributed by atoms with Gasteiger partial charge in [0, 0.05) is 17.4 Å². The fraction of sp³-hybridized carbons (Fsp3) is 0.714. The Kier molecular flexibility index (Phi) is 4.91. The van der Waals surface area contributed by atoms with Crippen molar-refractivity contribution in [2.75, 3.05) is 0 Å². The standard InChI is InChI=1S/C21H26O8/c1-4-21(7-5-6-8-21)29-19(24)14-12-9-11-13(14)18(23)26-15(11)16(12)27-20(25)28-17(22)10(2)3/h11-16H,2,4-9H2,1,3H3. The molecule has 1 aliphatic heterocycles. The van der Waals surface area contributed by atoms with Crippen molar-refractivity contribution in [3.63, 3.8) is 0 Å². The van der Waals surface area contributed by atoms with Crippen LogP contribution in [0.1, 0.15) is 52.4 Å². The summed E-state index contributed by atoms with van der Waals surface area (Å²) in [6.45, 7) is 6.82. The molecule has 1 heterocycles. The van der Waals surface area contributed by atoms with Gasteiger partial charge in [-0.1, -0.05) is 13.5 Å². The maximum Gasteiger partial charge on any atom is 0.516 e. The van der Waals surface area contributed by atoms with Crippen molar-refractivity contribution in [3.05, 3.63) is 12.2 Å². The van der Waals surface area contributed by atoms with Crippen molar-refractivity contribution in [1.29, 1.82) is 0 Å². The lowest BCUT2D eigenvalue weighted by Gasteiger charge is -2.34. The second-order valence-electron chi connectivity index (χ2n) is 8.68. The summed E-state index contributed by atoms with van der Waals surface area (Å²) in [6, 6.07) is 0. The molecule has 4 fully saturated rings. The average Bonchev–Trinajstić information content (AvgIpc) is 3.39. The molecule has 0 spiro atoms. The van der Waals surface area contributed by atoms with E-state index in [1.165, 1.54) is 6.92 Å². The van der Waals surface area contributed by atoms with Crippen LogP contribution in [0.4, 0.5) is 4.79 Å². The molecule has 6 atom stereocenters. The van der Waals surface area contributed by atoms with Crippen molar-refractivity contribution in [1.82, 2.24) is 0 Å². The van der Waals surface area contributed by atoms with E-state index in [1.807, 2.05) is 6.92 Å². The van der Waals surface area contributed by atoms with Crippen LogP contribution in [0.15, 0.2) is 12.2 Å². The average molecular weight is 406 g/mol. The molecule has 4 aliphatic rings. The Hall–Kier alpha value is -2.38. The van der Waals surface area contributed by atoms with Gasteiger partial charge >= 0.3 is 24.1 Å². The summed E-state index contributed by atoms with van der Waals surface area (Å²) < 4.78 is 21.3. The third kappa shape index (κ3) is 3.22. The second kappa shape index (κ2) is 7.15. The third-order valence-electron chi connectivity index (χ3n) is 7.05. The molecular weight excluding hydrogens is 380 g/mol. The Balaban J connectivity index is 1.50. The molecule has 3 aliphatic carbocycles. The van der Waals surface area contributed by atoms with Gasteiger partial charge in [0.15, 0.2) is 0 Å². The molecule has 0 radical (unpaired) electrons. The summed E-state index contributed by atoms with van der Waals surface area (Å²) in [6.07, 6.45) is 2.32. The van der Waals surface area contributed by atoms with Gasteiger partial charge in [-0.15, -0.1) is 0 Å². The first-order valence-corrected chi connectivity index (χ1v) is 10.3. The first-order valence-electron chi connectivity index (χ1n) is 10.3. The zero-order valence-electron chi connectivity index (χ0n) is 16.7. The van der Waals surface area contributed by atoms with Gasteiger partial charge in [0.25, 0.3) is 0 Å². The van der Waals surface area contributed by atoms with Gasteiger partial charge in [-0.25, -0.2) is 9.59 Å². The Morgan fingerprint density at radius 3 is 2.52 bits per heavy atom. The van der Waals surface area contributed by atoms with Crippen LogP contribution in [0.3, 0.4) is 0 Å². The molecule has 1 saturated heterocycles. The summed E-state index contributed by atoms with van der Waals surface area (Å²) in [5.41, 5.74) is -0.408. The normalized spacial score (nSPS) is 35.9. The van der Waals surface area contributed by atoms with Crippen LogP contribution in [-0.2, 0) is 33.3 Å². The van der Waals surface area contributed by atoms with E-state index in [1.54, 1.807) is 0 Å². The van der Waals surface area contributed by atoms with Crippen LogP contribution in [0.5, 0.6) is 0 Å². The number of carbonyl (C=O) groups excluding carboxylic acids is 4. The van der Waals surface area contributed by atoms with Crippen molar-refractivity contribution in [2.24, 2.45) is 23.7 Å². The van der Waals surface area contributed by atoms with Crippen LogP contribution in [-0.4, -0.2) is 41.9 Å². The lowest BCUT2D eigenvalue weighted by molar-refractivity contribution is -0.171. The predicted molar refractivity (Wildman–Crippen MR) is 97.2 cm³/mol. The number of ether oxygens (including phenoxy) is 4. The number of esters is 3. The van der Waals surface area contributed by atoms with Crippen LogP contribution < -0.4 is 0 Å². The summed E-state index contributed by atoms with van der Waals surface area (Å²) >= 11 is 0. The molecule has 158 valence electrons. The quantitative estimate of drug-likeness (QED) is 0.297. The fourth-order valence-corrected chi connectivity index (χ4v) is 5.60. The topological polar surface area (TPSA) is 105 Å². The molecule has 3 saturated carbocycles. The summed E-state index contributed by atoms with van der Waals surface area (Å²) in [4.78, 5) is 49.1. The molecule has 8 nitrogen and oxygen atoms in total. The van der Waals surface area contributed by atoms with E-state index in [2.05, 4.69) is 11.3 Å². The van der Waals surface area contributed by atoms with Crippen molar-refractivity contribution in [3.8, 4) is 0 Å². The maximum atomic E-state index is 13.1. The molecular formula is C21H26O8. The van der Waals surface area contributed by atoms with E-state index < -0.39 is 59.6 Å². The Morgan fingerprint density at radius 1 is 1.21 bits per heavy atom. The van der Waals surface area contributed by atoms with E-state index in [9.17, 15) is 19.2 Å². The zero-order chi connectivity index (χ0) is 20.9. The van der Waals surface area contributed by atoms with E-state index in [0.717, 1.165) is 32.1 Å². The largest absolute Gasteiger partial charge is 0.516 e. The number of hydrogen-bond acceptors (Lipinski definition) is 8. The summed E-state index contributed by atoms with van der Waals surface area (Å²) in [5.74, 6) is -3.59. The number of fused-ring (bicyclic) bond motifs is 1. The van der Waals surface area contributed by atoms with Crippen LogP contribution >= 0.6 is 0 Å². The predicted octanol–water partition coefficient (Wildman–Crippen LogP) is 2.68. The van der Waals surface area contributed by atoms with Gasteiger partial charge in [-0.2, -0.15) is 0 Å². The van der Waals surface area contributed by atoms with E-state index in [-0.39, 0.29) is 11.5 Å². The van der Waals surface area contributed by atoms with E-state index >= 15 is 0 Å². The highest BCUT2D eigenvalue weighted by Crippen LogP contribution is 2.59. The van der Waals surface area contributed by atoms with E-state index in [0.29, 0.717) is 6.42 Å². The Morgan fingerprint density at radius 2 is 1.90 bits per heavy atom. The van der Waals surface area contributed by atoms with E-state index in [4.69, 9.17) is 14.2 Å². The third-order valence-corrected chi connectivity index (χ3v) is 7.05. The minimum atomic E-state index is -1.18. The number of hydrogen-bond donors (Lipinski definition) is 0. The Labute approximate surface area is 168 Å². The molecule has 4 rings (SSSR count). The van der Waals surface area contributed by atoms with Crippen molar-refractivity contribution >= 4 is 24.1 Å². The van der Waals surface area contributed by atoms with Gasteiger partial charge in [0.05, 0.1) is 11.8 Å². The van der Waals surface area contributed by atoms with Crippen molar-refractivity contribution in [2.45, 2.75) is 70.2 Å². The maximum absolute atomic E-state index is 13.1. The lowest BCUT2D eigenvalue weighted by Crippen LogP contribution is -2.45. The smallest absolute Gasteiger partial charge is 0.459 e. The molecule has 29 heavy (non-hydrogen) atoms. The molecule has 0 aromatic heterocycles. The van der Waals surface area contributed by atoms with Crippen LogP contribution in [0.2, 0.25) is 0 Å². The van der Waals surface area contributed by atoms with Gasteiger partial charge in [0.2, 0.25) is 0 Å². The Bertz CT molecular complexity index is 765. The van der Waals surface area contributed by atoms with Crippen LogP contribution in [0.25, 0.3) is 0 Å². The molecule has 6 unspecified atom stereocenters. The lowest BCUT2D eigenvalue weighted by atomic mass is 9.78. The first kappa shape index (κ1) is 19.9. The van der Waals surface area contributed by atoms with Crippen LogP contribution in [0, 0.1) is 23.7 Å². The zero-order valence-corrected chi connectivity index (χ0v) is 16.7. The van der Waals surface area contributed by atoms with Gasteiger partial charge < -0.3 is 18.9 Å². The highest BCUT2D eigenvalue weighted by atomic mass is 16.7. The SMILES string of the molecule is C=C(C)C(=O)OC(=O)OC1C2CC3C1OC(=O)C3C2C(=O)OC1(CC)CCCC1. The highest BCUT2D eigenvalue weighted by molar-refractivity contribution is 5.93. The van der Waals surface area contributed by atoms with Gasteiger partial charge in [0.1, 0.15) is 17.8 Å². The summed E-state index contributed by atoms with van der Waals surface area (Å²) in [5, 5.41) is 0. The van der Waals surface area contributed by atoms with Gasteiger partial charge in [-0.3, -0.25) is 9.59 Å². The number of rotatable bonds is 5. The monoisotopic (exact) mass is 406 g/mol. The first-order chi connectivity index (χ1) is 13.8. The molecule has 0 N–H and O–H groups in total.